The molecule has 0 spiro atoms. The first-order valence-corrected chi connectivity index (χ1v) is 11.3. The van der Waals surface area contributed by atoms with Gasteiger partial charge in [0.25, 0.3) is 5.91 Å². The van der Waals surface area contributed by atoms with Gasteiger partial charge in [-0.3, -0.25) is 14.9 Å². The molecule has 34 heavy (non-hydrogen) atoms. The maximum Gasteiger partial charge on any atom is 0.424 e. The van der Waals surface area contributed by atoms with E-state index in [2.05, 4.69) is 10.6 Å². The molecular formula is C23H31ClN3O7+. The Labute approximate surface area is 203 Å². The van der Waals surface area contributed by atoms with Crippen molar-refractivity contribution >= 4 is 41.7 Å². The van der Waals surface area contributed by atoms with E-state index in [1.54, 1.807) is 32.9 Å². The van der Waals surface area contributed by atoms with Crippen LogP contribution in [0.4, 0.5) is 4.79 Å². The summed E-state index contributed by atoms with van der Waals surface area (Å²) in [6.07, 6.45) is 0.890. The van der Waals surface area contributed by atoms with Crippen LogP contribution in [0.3, 0.4) is 0 Å². The number of urea groups is 1. The number of carboxylic acids is 1. The first-order valence-electron chi connectivity index (χ1n) is 10.9. The number of methoxy groups -OCH3 is 1. The lowest BCUT2D eigenvalue weighted by atomic mass is 9.85. The highest BCUT2D eigenvalue weighted by molar-refractivity contribution is 6.35. The molecule has 0 aliphatic carbocycles. The van der Waals surface area contributed by atoms with Gasteiger partial charge in [0, 0.05) is 12.8 Å². The van der Waals surface area contributed by atoms with Gasteiger partial charge in [-0.15, -0.1) is 0 Å². The second kappa shape index (κ2) is 11.0. The van der Waals surface area contributed by atoms with Crippen LogP contribution in [-0.2, 0) is 14.4 Å². The normalized spacial score (nSPS) is 16.7. The fourth-order valence-corrected chi connectivity index (χ4v) is 4.24. The molecule has 0 radical (unpaired) electrons. The highest BCUT2D eigenvalue weighted by atomic mass is 35.5. The van der Waals surface area contributed by atoms with Crippen LogP contribution < -0.4 is 15.4 Å². The molecule has 1 heterocycles. The number of ether oxygens (including phenoxy) is 1. The molecule has 1 aromatic carbocycles. The third-order valence-corrected chi connectivity index (χ3v) is 6.21. The van der Waals surface area contributed by atoms with Gasteiger partial charge in [-0.25, -0.2) is 9.59 Å². The summed E-state index contributed by atoms with van der Waals surface area (Å²) >= 11 is 6.28. The molecule has 2 rings (SSSR count). The molecule has 1 aromatic rings. The molecule has 186 valence electrons. The van der Waals surface area contributed by atoms with Crippen molar-refractivity contribution in [3.8, 4) is 5.75 Å². The van der Waals surface area contributed by atoms with Gasteiger partial charge in [0.05, 0.1) is 37.2 Å². The minimum Gasteiger partial charge on any atom is -0.495 e. The Kier molecular flexibility index (Phi) is 8.79. The average Bonchev–Trinajstić information content (AvgIpc) is 3.26. The molecule has 0 bridgehead atoms. The first-order chi connectivity index (χ1) is 15.9. The van der Waals surface area contributed by atoms with Crippen molar-refractivity contribution in [3.05, 3.63) is 28.8 Å². The number of amides is 4. The van der Waals surface area contributed by atoms with E-state index in [0.717, 1.165) is 0 Å². The third-order valence-electron chi connectivity index (χ3n) is 5.82. The van der Waals surface area contributed by atoms with Crippen molar-refractivity contribution in [2.45, 2.75) is 52.1 Å². The minimum atomic E-state index is -1.27. The van der Waals surface area contributed by atoms with Crippen LogP contribution in [-0.4, -0.2) is 72.0 Å². The van der Waals surface area contributed by atoms with Gasteiger partial charge in [-0.05, 0) is 17.5 Å². The summed E-state index contributed by atoms with van der Waals surface area (Å²) in [6, 6.07) is 1.58. The topological polar surface area (TPSA) is 139 Å². The van der Waals surface area contributed by atoms with E-state index in [1.165, 1.54) is 13.2 Å². The molecule has 1 saturated heterocycles. The second-order valence-electron chi connectivity index (χ2n) is 9.34. The number of aldehydes is 1. The van der Waals surface area contributed by atoms with Crippen molar-refractivity contribution in [3.63, 3.8) is 0 Å². The fourth-order valence-electron chi connectivity index (χ4n) is 3.95. The number of imide groups is 1. The lowest BCUT2D eigenvalue weighted by molar-refractivity contribution is -0.761. The molecule has 0 unspecified atom stereocenters. The van der Waals surface area contributed by atoms with E-state index in [-0.39, 0.29) is 23.7 Å². The second-order valence-corrected chi connectivity index (χ2v) is 9.72. The molecule has 11 heteroatoms. The smallest absolute Gasteiger partial charge is 0.424 e. The molecule has 4 amide bonds. The molecule has 1 fully saturated rings. The predicted molar refractivity (Wildman–Crippen MR) is 124 cm³/mol. The monoisotopic (exact) mass is 496 g/mol. The number of aliphatic carboxylic acids is 1. The van der Waals surface area contributed by atoms with Gasteiger partial charge < -0.3 is 20.0 Å². The molecule has 2 atom stereocenters. The quantitative estimate of drug-likeness (QED) is 0.371. The van der Waals surface area contributed by atoms with E-state index in [9.17, 15) is 24.0 Å². The number of hydrogen-bond acceptors (Lipinski definition) is 6. The standard InChI is InChI=1S/C23H30ClN3O7/c1-23(2,3)19(26-20(31)15-8-7-9-16(34-4)18(15)24)21(32)27(10-5-6-11-27)22(33)25-14(13-28)12-17(29)30/h7-9,13-14,19H,5-6,10-12H2,1-4H3,(H2-,25,26,29,30,31,33)/p+1/t14-,19+/m0/s1. The van der Waals surface area contributed by atoms with E-state index in [4.69, 9.17) is 21.4 Å². The van der Waals surface area contributed by atoms with E-state index in [1.807, 2.05) is 0 Å². The summed E-state index contributed by atoms with van der Waals surface area (Å²) in [4.78, 5) is 62.5. The number of nitrogens with zero attached hydrogens (tertiary/aromatic N) is 1. The Morgan fingerprint density at radius 2 is 1.79 bits per heavy atom. The van der Waals surface area contributed by atoms with Gasteiger partial charge >= 0.3 is 17.9 Å². The lowest BCUT2D eigenvalue weighted by Gasteiger charge is -2.37. The van der Waals surface area contributed by atoms with Crippen LogP contribution in [0.25, 0.3) is 0 Å². The van der Waals surface area contributed by atoms with Gasteiger partial charge in [0.15, 0.2) is 6.04 Å². The summed E-state index contributed by atoms with van der Waals surface area (Å²) in [5.74, 6) is -2.11. The number of rotatable bonds is 8. The number of quaternary nitrogens is 1. The number of benzene rings is 1. The Hall–Kier alpha value is -2.98. The zero-order chi connectivity index (χ0) is 25.7. The highest BCUT2D eigenvalue weighted by Crippen LogP contribution is 2.31. The Morgan fingerprint density at radius 3 is 2.29 bits per heavy atom. The summed E-state index contributed by atoms with van der Waals surface area (Å²) in [5.41, 5.74) is -0.667. The van der Waals surface area contributed by atoms with Gasteiger partial charge in [0.1, 0.15) is 18.1 Å². The van der Waals surface area contributed by atoms with Crippen molar-refractivity contribution in [2.24, 2.45) is 5.41 Å². The predicted octanol–water partition coefficient (Wildman–Crippen LogP) is 2.38. The summed E-state index contributed by atoms with van der Waals surface area (Å²) in [5, 5.41) is 14.2. The number of carboxylic acid groups (broad SMARTS) is 1. The van der Waals surface area contributed by atoms with Crippen LogP contribution in [0.5, 0.6) is 5.75 Å². The Morgan fingerprint density at radius 1 is 1.18 bits per heavy atom. The van der Waals surface area contributed by atoms with Crippen LogP contribution in [0.1, 0.15) is 50.4 Å². The van der Waals surface area contributed by atoms with Crippen LogP contribution in [0.2, 0.25) is 5.02 Å². The maximum atomic E-state index is 13.9. The zero-order valence-corrected chi connectivity index (χ0v) is 20.5. The summed E-state index contributed by atoms with van der Waals surface area (Å²) in [6.45, 7) is 5.61. The molecule has 10 nitrogen and oxygen atoms in total. The maximum absolute atomic E-state index is 13.9. The zero-order valence-electron chi connectivity index (χ0n) is 19.7. The number of carbonyl (C=O) groups excluding carboxylic acids is 4. The molecule has 0 aromatic heterocycles. The van der Waals surface area contributed by atoms with Gasteiger partial charge in [0.2, 0.25) is 0 Å². The largest absolute Gasteiger partial charge is 0.495 e. The van der Waals surface area contributed by atoms with Crippen molar-refractivity contribution in [1.82, 2.24) is 10.6 Å². The van der Waals surface area contributed by atoms with E-state index in [0.29, 0.717) is 24.9 Å². The van der Waals surface area contributed by atoms with Gasteiger partial charge in [-0.2, -0.15) is 4.48 Å². The van der Waals surface area contributed by atoms with Crippen molar-refractivity contribution in [1.29, 1.82) is 0 Å². The fraction of sp³-hybridized carbons (Fsp3) is 0.522. The lowest BCUT2D eigenvalue weighted by Crippen LogP contribution is -2.67. The Bertz CT molecular complexity index is 968. The molecule has 3 N–H and O–H groups in total. The summed E-state index contributed by atoms with van der Waals surface area (Å²) < 4.78 is 4.51. The Balaban J connectivity index is 2.38. The average molecular weight is 497 g/mol. The highest BCUT2D eigenvalue weighted by Gasteiger charge is 2.53. The minimum absolute atomic E-state index is 0.0907. The number of nitrogens with one attached hydrogen (secondary N) is 2. The van der Waals surface area contributed by atoms with Crippen LogP contribution in [0, 0.1) is 5.41 Å². The number of likely N-dealkylation sites (tertiary alicyclic amines) is 1. The first kappa shape index (κ1) is 27.3. The molecule has 1 aliphatic rings. The number of hydrogen-bond donors (Lipinski definition) is 3. The van der Waals surface area contributed by atoms with E-state index >= 15 is 0 Å². The number of halogens is 1. The van der Waals surface area contributed by atoms with Crippen LogP contribution in [0.15, 0.2) is 18.2 Å². The molecule has 0 saturated carbocycles. The third kappa shape index (κ3) is 5.92. The van der Waals surface area contributed by atoms with E-state index < -0.39 is 52.2 Å². The van der Waals surface area contributed by atoms with Crippen LogP contribution >= 0.6 is 11.6 Å². The van der Waals surface area contributed by atoms with Crippen molar-refractivity contribution in [2.75, 3.05) is 20.2 Å². The number of carbonyl (C=O) groups is 5. The molecule has 1 aliphatic heterocycles. The summed E-state index contributed by atoms with van der Waals surface area (Å²) in [7, 11) is 1.42. The van der Waals surface area contributed by atoms with Gasteiger partial charge in [-0.1, -0.05) is 38.4 Å². The molecular weight excluding hydrogens is 466 g/mol. The van der Waals surface area contributed by atoms with Crippen molar-refractivity contribution < 1.29 is 38.3 Å². The SMILES string of the molecule is COc1cccc(C(=O)N[C@H](C(=O)[N+]2(C(=O)N[C@H](C=O)CC(=O)O)CCCC2)C(C)(C)C)c1Cl.